The molecular weight excluding hydrogens is 370 g/mol. The number of carboxylic acid groups (broad SMARTS) is 1. The molecule has 0 bridgehead atoms. The van der Waals surface area contributed by atoms with E-state index >= 15 is 0 Å². The Labute approximate surface area is 150 Å². The first kappa shape index (κ1) is 18.2. The van der Waals surface area contributed by atoms with Gasteiger partial charge in [-0.3, -0.25) is 9.59 Å². The Morgan fingerprint density at radius 3 is 2.38 bits per heavy atom. The molecule has 0 spiro atoms. The van der Waals surface area contributed by atoms with E-state index in [2.05, 4.69) is 21.2 Å². The number of carbonyl (C=O) groups excluding carboxylic acids is 1. The third-order valence-corrected chi connectivity index (χ3v) is 4.92. The third kappa shape index (κ3) is 3.67. The van der Waals surface area contributed by atoms with Crippen molar-refractivity contribution in [2.24, 2.45) is 0 Å². The molecule has 0 aliphatic heterocycles. The first-order valence-electron chi connectivity index (χ1n) is 7.74. The van der Waals surface area contributed by atoms with Crippen LogP contribution in [0.15, 0.2) is 53.0 Å². The summed E-state index contributed by atoms with van der Waals surface area (Å²) in [5.74, 6) is -1.24. The van der Waals surface area contributed by atoms with Crippen molar-refractivity contribution < 1.29 is 14.7 Å². The summed E-state index contributed by atoms with van der Waals surface area (Å²) < 4.78 is 0.692. The maximum absolute atomic E-state index is 12.5. The third-order valence-electron chi connectivity index (χ3n) is 4.26. The molecule has 0 radical (unpaired) electrons. The van der Waals surface area contributed by atoms with Crippen molar-refractivity contribution in [3.05, 3.63) is 69.7 Å². The van der Waals surface area contributed by atoms with E-state index in [0.29, 0.717) is 22.0 Å². The second-order valence-corrected chi connectivity index (χ2v) is 6.63. The van der Waals surface area contributed by atoms with Gasteiger partial charge >= 0.3 is 5.97 Å². The number of carboxylic acids is 1. The molecule has 2 aromatic carbocycles. The number of aliphatic carboxylic acids is 1. The predicted molar refractivity (Wildman–Crippen MR) is 97.3 cm³/mol. The van der Waals surface area contributed by atoms with E-state index in [1.807, 2.05) is 32.0 Å². The minimum Gasteiger partial charge on any atom is -0.481 e. The average molecular weight is 390 g/mol. The van der Waals surface area contributed by atoms with E-state index in [1.54, 1.807) is 30.3 Å². The molecule has 1 atom stereocenters. The van der Waals surface area contributed by atoms with Crippen molar-refractivity contribution in [3.8, 4) is 0 Å². The zero-order chi connectivity index (χ0) is 17.7. The standard InChI is InChI=1S/C19H20BrNO3/c1-3-19(18(23)24,14-7-5-4-6-8-14)12-21-17(22)15-10-9-13(2)11-16(15)20/h4-11H,3,12H2,1-2H3,(H,21,22)(H,23,24). The summed E-state index contributed by atoms with van der Waals surface area (Å²) >= 11 is 3.38. The molecule has 1 amide bonds. The molecule has 0 heterocycles. The summed E-state index contributed by atoms with van der Waals surface area (Å²) in [4.78, 5) is 24.4. The Morgan fingerprint density at radius 1 is 1.17 bits per heavy atom. The molecule has 24 heavy (non-hydrogen) atoms. The van der Waals surface area contributed by atoms with E-state index in [0.717, 1.165) is 5.56 Å². The molecule has 2 rings (SSSR count). The van der Waals surface area contributed by atoms with E-state index in [1.165, 1.54) is 0 Å². The van der Waals surface area contributed by atoms with Crippen LogP contribution in [0.5, 0.6) is 0 Å². The van der Waals surface area contributed by atoms with Crippen LogP contribution in [0.25, 0.3) is 0 Å². The highest BCUT2D eigenvalue weighted by atomic mass is 79.9. The highest BCUT2D eigenvalue weighted by Gasteiger charge is 2.39. The van der Waals surface area contributed by atoms with Crippen molar-refractivity contribution >= 4 is 27.8 Å². The molecule has 5 heteroatoms. The smallest absolute Gasteiger partial charge is 0.315 e. The quantitative estimate of drug-likeness (QED) is 0.786. The lowest BCUT2D eigenvalue weighted by atomic mass is 9.78. The zero-order valence-electron chi connectivity index (χ0n) is 13.7. The van der Waals surface area contributed by atoms with E-state index in [-0.39, 0.29) is 12.5 Å². The van der Waals surface area contributed by atoms with Crippen molar-refractivity contribution in [2.75, 3.05) is 6.54 Å². The van der Waals surface area contributed by atoms with Gasteiger partial charge in [-0.05, 0) is 52.5 Å². The SMILES string of the molecule is CCC(CNC(=O)c1ccc(C)cc1Br)(C(=O)O)c1ccccc1. The Morgan fingerprint density at radius 2 is 1.83 bits per heavy atom. The normalized spacial score (nSPS) is 13.1. The van der Waals surface area contributed by atoms with E-state index < -0.39 is 11.4 Å². The highest BCUT2D eigenvalue weighted by molar-refractivity contribution is 9.10. The van der Waals surface area contributed by atoms with Gasteiger partial charge in [-0.25, -0.2) is 0 Å². The van der Waals surface area contributed by atoms with Gasteiger partial charge < -0.3 is 10.4 Å². The molecule has 4 nitrogen and oxygen atoms in total. The fraction of sp³-hybridized carbons (Fsp3) is 0.263. The Bertz CT molecular complexity index is 746. The molecular formula is C19H20BrNO3. The minimum absolute atomic E-state index is 0.0298. The number of rotatable bonds is 6. The van der Waals surface area contributed by atoms with Gasteiger partial charge in [0.25, 0.3) is 5.91 Å². The summed E-state index contributed by atoms with van der Waals surface area (Å²) in [5, 5.41) is 12.6. The summed E-state index contributed by atoms with van der Waals surface area (Å²) in [6.07, 6.45) is 0.377. The van der Waals surface area contributed by atoms with E-state index in [4.69, 9.17) is 0 Å². The largest absolute Gasteiger partial charge is 0.481 e. The topological polar surface area (TPSA) is 66.4 Å². The number of carbonyl (C=O) groups is 2. The number of hydrogen-bond donors (Lipinski definition) is 2. The molecule has 0 fully saturated rings. The Hall–Kier alpha value is -2.14. The van der Waals surface area contributed by atoms with Crippen molar-refractivity contribution in [1.29, 1.82) is 0 Å². The molecule has 2 N–H and O–H groups in total. The van der Waals surface area contributed by atoms with Crippen LogP contribution < -0.4 is 5.32 Å². The van der Waals surface area contributed by atoms with Gasteiger partial charge in [0, 0.05) is 11.0 Å². The Kier molecular flexibility index (Phi) is 5.78. The molecule has 0 saturated heterocycles. The van der Waals surface area contributed by atoms with E-state index in [9.17, 15) is 14.7 Å². The van der Waals surface area contributed by atoms with Crippen LogP contribution in [0.3, 0.4) is 0 Å². The number of nitrogens with one attached hydrogen (secondary N) is 1. The maximum Gasteiger partial charge on any atom is 0.315 e. The number of amides is 1. The number of hydrogen-bond acceptors (Lipinski definition) is 2. The first-order chi connectivity index (χ1) is 11.4. The minimum atomic E-state index is -1.14. The lowest BCUT2D eigenvalue weighted by Gasteiger charge is -2.29. The molecule has 126 valence electrons. The molecule has 1 unspecified atom stereocenters. The fourth-order valence-corrected chi connectivity index (χ4v) is 3.34. The number of aryl methyl sites for hydroxylation is 1. The summed E-state index contributed by atoms with van der Waals surface area (Å²) in [6.45, 7) is 3.78. The molecule has 0 saturated carbocycles. The van der Waals surface area contributed by atoms with Crippen molar-refractivity contribution in [3.63, 3.8) is 0 Å². The summed E-state index contributed by atoms with van der Waals surface area (Å²) in [7, 11) is 0. The van der Waals surface area contributed by atoms with Crippen LogP contribution in [-0.4, -0.2) is 23.5 Å². The molecule has 0 aliphatic rings. The van der Waals surface area contributed by atoms with Gasteiger partial charge in [0.1, 0.15) is 5.41 Å². The van der Waals surface area contributed by atoms with Gasteiger partial charge in [0.05, 0.1) is 5.56 Å². The van der Waals surface area contributed by atoms with Crippen LogP contribution in [-0.2, 0) is 10.2 Å². The zero-order valence-corrected chi connectivity index (χ0v) is 15.3. The Balaban J connectivity index is 2.25. The van der Waals surface area contributed by atoms with Gasteiger partial charge in [0.15, 0.2) is 0 Å². The lowest BCUT2D eigenvalue weighted by Crippen LogP contribution is -2.46. The fourth-order valence-electron chi connectivity index (χ4n) is 2.67. The van der Waals surface area contributed by atoms with Crippen LogP contribution >= 0.6 is 15.9 Å². The van der Waals surface area contributed by atoms with Crippen molar-refractivity contribution in [1.82, 2.24) is 5.32 Å². The summed E-state index contributed by atoms with van der Waals surface area (Å²) in [6, 6.07) is 14.5. The monoisotopic (exact) mass is 389 g/mol. The number of benzene rings is 2. The van der Waals surface area contributed by atoms with Crippen LogP contribution in [0, 0.1) is 6.92 Å². The summed E-state index contributed by atoms with van der Waals surface area (Å²) in [5.41, 5.74) is 1.07. The lowest BCUT2D eigenvalue weighted by molar-refractivity contribution is -0.143. The molecule has 0 aliphatic carbocycles. The second-order valence-electron chi connectivity index (χ2n) is 5.77. The van der Waals surface area contributed by atoms with Crippen LogP contribution in [0.4, 0.5) is 0 Å². The maximum atomic E-state index is 12.5. The highest BCUT2D eigenvalue weighted by Crippen LogP contribution is 2.28. The van der Waals surface area contributed by atoms with Gasteiger partial charge in [-0.2, -0.15) is 0 Å². The van der Waals surface area contributed by atoms with Crippen molar-refractivity contribution in [2.45, 2.75) is 25.7 Å². The van der Waals surface area contributed by atoms with Gasteiger partial charge in [-0.1, -0.05) is 43.3 Å². The van der Waals surface area contributed by atoms with Crippen LogP contribution in [0.2, 0.25) is 0 Å². The predicted octanol–water partition coefficient (Wildman–Crippen LogP) is 3.92. The second kappa shape index (κ2) is 7.62. The molecule has 2 aromatic rings. The first-order valence-corrected chi connectivity index (χ1v) is 8.53. The average Bonchev–Trinajstić information content (AvgIpc) is 2.56. The van der Waals surface area contributed by atoms with Gasteiger partial charge in [-0.15, -0.1) is 0 Å². The number of halogens is 1. The molecule has 0 aromatic heterocycles. The van der Waals surface area contributed by atoms with Gasteiger partial charge in [0.2, 0.25) is 0 Å². The van der Waals surface area contributed by atoms with Crippen LogP contribution in [0.1, 0.15) is 34.8 Å².